The molecule has 1 aliphatic rings. The molecule has 6 heteroatoms. The molecule has 0 spiro atoms. The van der Waals surface area contributed by atoms with E-state index in [2.05, 4.69) is 15.3 Å². The molecule has 2 aromatic heterocycles. The number of aromatic nitrogens is 2. The van der Waals surface area contributed by atoms with E-state index >= 15 is 0 Å². The highest BCUT2D eigenvalue weighted by atomic mass is 35.5. The Morgan fingerprint density at radius 3 is 2.89 bits per heavy atom. The summed E-state index contributed by atoms with van der Waals surface area (Å²) >= 11 is 7.26. The van der Waals surface area contributed by atoms with Gasteiger partial charge in [0.15, 0.2) is 5.13 Å². The minimum absolute atomic E-state index is 0.199. The summed E-state index contributed by atoms with van der Waals surface area (Å²) in [6.45, 7) is 0. The third-order valence-electron chi connectivity index (χ3n) is 3.06. The topological polar surface area (TPSA) is 54.9 Å². The van der Waals surface area contributed by atoms with E-state index in [0.29, 0.717) is 15.8 Å². The van der Waals surface area contributed by atoms with Crippen molar-refractivity contribution in [3.05, 3.63) is 39.6 Å². The zero-order valence-electron chi connectivity index (χ0n) is 10.1. The Balaban J connectivity index is 1.75. The Kier molecular flexibility index (Phi) is 3.48. The zero-order valence-corrected chi connectivity index (χ0v) is 11.7. The van der Waals surface area contributed by atoms with Gasteiger partial charge in [0, 0.05) is 11.1 Å². The smallest absolute Gasteiger partial charge is 0.259 e. The fourth-order valence-corrected chi connectivity index (χ4v) is 3.24. The van der Waals surface area contributed by atoms with Crippen LogP contribution in [0, 0.1) is 0 Å². The van der Waals surface area contributed by atoms with Crippen molar-refractivity contribution in [3.63, 3.8) is 0 Å². The van der Waals surface area contributed by atoms with Crippen LogP contribution in [0.1, 0.15) is 33.8 Å². The van der Waals surface area contributed by atoms with Crippen LogP contribution < -0.4 is 5.32 Å². The van der Waals surface area contributed by atoms with E-state index in [0.717, 1.165) is 18.5 Å². The molecule has 0 unspecified atom stereocenters. The lowest BCUT2D eigenvalue weighted by molar-refractivity contribution is 0.102. The molecule has 1 aliphatic carbocycles. The Morgan fingerprint density at radius 1 is 1.32 bits per heavy atom. The van der Waals surface area contributed by atoms with E-state index in [1.165, 1.54) is 23.9 Å². The molecule has 0 radical (unpaired) electrons. The van der Waals surface area contributed by atoms with Crippen LogP contribution in [0.25, 0.3) is 0 Å². The third kappa shape index (κ3) is 2.77. The Bertz CT molecular complexity index is 585. The van der Waals surface area contributed by atoms with E-state index in [1.54, 1.807) is 23.5 Å². The molecule has 0 atom stereocenters. The number of halogens is 1. The number of fused-ring (bicyclic) bond motifs is 1. The fourth-order valence-electron chi connectivity index (χ4n) is 2.08. The number of rotatable bonds is 2. The van der Waals surface area contributed by atoms with Gasteiger partial charge in [-0.2, -0.15) is 0 Å². The molecule has 2 heterocycles. The second-order valence-electron chi connectivity index (χ2n) is 4.42. The van der Waals surface area contributed by atoms with E-state index < -0.39 is 0 Å². The minimum Gasteiger partial charge on any atom is -0.298 e. The molecule has 0 fully saturated rings. The largest absolute Gasteiger partial charge is 0.298 e. The number of nitrogens with zero attached hydrogens (tertiary/aromatic N) is 2. The number of anilines is 1. The van der Waals surface area contributed by atoms with Gasteiger partial charge in [0.2, 0.25) is 0 Å². The molecular weight excluding hydrogens is 282 g/mol. The van der Waals surface area contributed by atoms with Gasteiger partial charge in [-0.1, -0.05) is 11.6 Å². The number of nitrogens with one attached hydrogen (secondary N) is 1. The average Bonchev–Trinajstić information content (AvgIpc) is 2.81. The standard InChI is InChI=1S/C13H12ClN3OS/c14-11-6-5-8(7-15-11)12(18)17-13-16-9-3-1-2-4-10(9)19-13/h5-7H,1-4H2,(H,16,17,18). The number of aryl methyl sites for hydroxylation is 2. The number of hydrogen-bond acceptors (Lipinski definition) is 4. The maximum Gasteiger partial charge on any atom is 0.259 e. The quantitative estimate of drug-likeness (QED) is 0.864. The third-order valence-corrected chi connectivity index (χ3v) is 4.35. The van der Waals surface area contributed by atoms with Gasteiger partial charge >= 0.3 is 0 Å². The highest BCUT2D eigenvalue weighted by Gasteiger charge is 2.16. The van der Waals surface area contributed by atoms with Crippen LogP contribution >= 0.6 is 22.9 Å². The first kappa shape index (κ1) is 12.6. The Labute approximate surface area is 119 Å². The van der Waals surface area contributed by atoms with Crippen LogP contribution in [0.4, 0.5) is 5.13 Å². The number of pyridine rings is 1. The SMILES string of the molecule is O=C(Nc1nc2c(s1)CCCC2)c1ccc(Cl)nc1. The van der Waals surface area contributed by atoms with E-state index in [1.807, 2.05) is 0 Å². The lowest BCUT2D eigenvalue weighted by Crippen LogP contribution is -2.12. The molecule has 0 saturated heterocycles. The first-order valence-corrected chi connectivity index (χ1v) is 7.33. The van der Waals surface area contributed by atoms with Gasteiger partial charge in [0.25, 0.3) is 5.91 Å². The zero-order chi connectivity index (χ0) is 13.2. The fraction of sp³-hybridized carbons (Fsp3) is 0.308. The van der Waals surface area contributed by atoms with Gasteiger partial charge in [0.1, 0.15) is 5.15 Å². The molecule has 0 saturated carbocycles. The summed E-state index contributed by atoms with van der Waals surface area (Å²) in [6, 6.07) is 3.25. The Hall–Kier alpha value is -1.46. The molecule has 2 aromatic rings. The predicted octanol–water partition coefficient (Wildman–Crippen LogP) is 3.32. The van der Waals surface area contributed by atoms with Gasteiger partial charge in [-0.25, -0.2) is 9.97 Å². The summed E-state index contributed by atoms with van der Waals surface area (Å²) in [7, 11) is 0. The Morgan fingerprint density at radius 2 is 2.16 bits per heavy atom. The lowest BCUT2D eigenvalue weighted by atomic mass is 10.0. The molecular formula is C13H12ClN3OS. The summed E-state index contributed by atoms with van der Waals surface area (Å²) in [6.07, 6.45) is 5.95. The van der Waals surface area contributed by atoms with Crippen LogP contribution in [0.15, 0.2) is 18.3 Å². The van der Waals surface area contributed by atoms with Crippen molar-refractivity contribution in [2.45, 2.75) is 25.7 Å². The van der Waals surface area contributed by atoms with Crippen molar-refractivity contribution in [3.8, 4) is 0 Å². The van der Waals surface area contributed by atoms with Crippen molar-refractivity contribution in [1.29, 1.82) is 0 Å². The monoisotopic (exact) mass is 293 g/mol. The van der Waals surface area contributed by atoms with Crippen LogP contribution in [0.3, 0.4) is 0 Å². The summed E-state index contributed by atoms with van der Waals surface area (Å²) in [5, 5.41) is 3.87. The van der Waals surface area contributed by atoms with E-state index in [9.17, 15) is 4.79 Å². The number of carbonyl (C=O) groups excluding carboxylic acids is 1. The number of hydrogen-bond donors (Lipinski definition) is 1. The highest BCUT2D eigenvalue weighted by molar-refractivity contribution is 7.15. The molecule has 3 rings (SSSR count). The second kappa shape index (κ2) is 5.27. The molecule has 0 aliphatic heterocycles. The molecule has 0 bridgehead atoms. The summed E-state index contributed by atoms with van der Waals surface area (Å²) in [5.74, 6) is -0.199. The number of carbonyl (C=O) groups is 1. The molecule has 1 amide bonds. The molecule has 19 heavy (non-hydrogen) atoms. The summed E-state index contributed by atoms with van der Waals surface area (Å²) in [4.78, 5) is 21.7. The number of thiazole rings is 1. The number of amides is 1. The van der Waals surface area contributed by atoms with Crippen molar-refractivity contribution in [2.24, 2.45) is 0 Å². The predicted molar refractivity (Wildman–Crippen MR) is 76.0 cm³/mol. The second-order valence-corrected chi connectivity index (χ2v) is 5.89. The average molecular weight is 294 g/mol. The van der Waals surface area contributed by atoms with Crippen LogP contribution in [0.2, 0.25) is 5.15 Å². The lowest BCUT2D eigenvalue weighted by Gasteiger charge is -2.06. The van der Waals surface area contributed by atoms with Gasteiger partial charge in [0.05, 0.1) is 11.3 Å². The highest BCUT2D eigenvalue weighted by Crippen LogP contribution is 2.29. The van der Waals surface area contributed by atoms with Gasteiger partial charge < -0.3 is 0 Å². The minimum atomic E-state index is -0.199. The van der Waals surface area contributed by atoms with Gasteiger partial charge in [-0.3, -0.25) is 10.1 Å². The van der Waals surface area contributed by atoms with Crippen molar-refractivity contribution < 1.29 is 4.79 Å². The summed E-state index contributed by atoms with van der Waals surface area (Å²) < 4.78 is 0. The van der Waals surface area contributed by atoms with Crippen LogP contribution in [0.5, 0.6) is 0 Å². The molecule has 0 aromatic carbocycles. The first-order chi connectivity index (χ1) is 9.22. The van der Waals surface area contributed by atoms with Gasteiger partial charge in [-0.15, -0.1) is 11.3 Å². The van der Waals surface area contributed by atoms with Crippen LogP contribution in [-0.2, 0) is 12.8 Å². The normalized spacial score (nSPS) is 13.9. The van der Waals surface area contributed by atoms with E-state index in [4.69, 9.17) is 11.6 Å². The molecule has 1 N–H and O–H groups in total. The van der Waals surface area contributed by atoms with Gasteiger partial charge in [-0.05, 0) is 37.8 Å². The maximum atomic E-state index is 12.0. The maximum absolute atomic E-state index is 12.0. The molecule has 98 valence electrons. The summed E-state index contributed by atoms with van der Waals surface area (Å²) in [5.41, 5.74) is 1.62. The van der Waals surface area contributed by atoms with Crippen LogP contribution in [-0.4, -0.2) is 15.9 Å². The van der Waals surface area contributed by atoms with Crippen molar-refractivity contribution in [2.75, 3.05) is 5.32 Å². The molecule has 4 nitrogen and oxygen atoms in total. The van der Waals surface area contributed by atoms with Crippen molar-refractivity contribution >= 4 is 34.0 Å². The van der Waals surface area contributed by atoms with Crippen molar-refractivity contribution in [1.82, 2.24) is 9.97 Å². The van der Waals surface area contributed by atoms with E-state index in [-0.39, 0.29) is 5.91 Å². The first-order valence-electron chi connectivity index (χ1n) is 6.14.